The summed E-state index contributed by atoms with van der Waals surface area (Å²) >= 11 is 3.36. The first-order valence-electron chi connectivity index (χ1n) is 10.9. The molecule has 1 saturated carbocycles. The number of piperazine rings is 1. The standard InChI is InChI=1S/C24H29BrFN3O/c25-19-11-12-21(22(26)17-19)23(18-7-3-1-4-8-18)28-13-15-29(16-14-28)24(30)27-20-9-5-2-6-10-20/h1,3-4,7-8,11-12,17,20,23H,2,5-6,9-10,13-16H2,(H,27,30). The highest BCUT2D eigenvalue weighted by molar-refractivity contribution is 9.10. The Labute approximate surface area is 186 Å². The number of benzene rings is 2. The minimum atomic E-state index is -0.212. The fourth-order valence-corrected chi connectivity index (χ4v) is 4.97. The summed E-state index contributed by atoms with van der Waals surface area (Å²) in [7, 11) is 0. The molecular formula is C24H29BrFN3O. The van der Waals surface area contributed by atoms with Gasteiger partial charge in [0.15, 0.2) is 0 Å². The van der Waals surface area contributed by atoms with Crippen LogP contribution in [-0.2, 0) is 0 Å². The Bertz CT molecular complexity index is 849. The number of halogens is 2. The highest BCUT2D eigenvalue weighted by Gasteiger charge is 2.30. The molecule has 0 bridgehead atoms. The third-order valence-corrected chi connectivity index (χ3v) is 6.77. The van der Waals surface area contributed by atoms with Crippen molar-refractivity contribution < 1.29 is 9.18 Å². The van der Waals surface area contributed by atoms with Crippen molar-refractivity contribution in [3.05, 3.63) is 69.9 Å². The van der Waals surface area contributed by atoms with Crippen molar-refractivity contribution in [1.82, 2.24) is 15.1 Å². The average Bonchev–Trinajstić information content (AvgIpc) is 2.77. The summed E-state index contributed by atoms with van der Waals surface area (Å²) < 4.78 is 15.6. The molecule has 0 spiro atoms. The van der Waals surface area contributed by atoms with Crippen LogP contribution in [0.5, 0.6) is 0 Å². The molecule has 1 heterocycles. The van der Waals surface area contributed by atoms with Crippen molar-refractivity contribution in [2.75, 3.05) is 26.2 Å². The second-order valence-electron chi connectivity index (χ2n) is 8.29. The molecule has 160 valence electrons. The smallest absolute Gasteiger partial charge is 0.317 e. The number of nitrogens with one attached hydrogen (secondary N) is 1. The van der Waals surface area contributed by atoms with Gasteiger partial charge in [0.2, 0.25) is 0 Å². The maximum Gasteiger partial charge on any atom is 0.317 e. The number of amides is 2. The van der Waals surface area contributed by atoms with Gasteiger partial charge in [-0.2, -0.15) is 0 Å². The van der Waals surface area contributed by atoms with Gasteiger partial charge in [-0.25, -0.2) is 9.18 Å². The van der Waals surface area contributed by atoms with Gasteiger partial charge < -0.3 is 10.2 Å². The first-order chi connectivity index (χ1) is 14.6. The van der Waals surface area contributed by atoms with E-state index in [4.69, 9.17) is 0 Å². The molecule has 2 aliphatic rings. The summed E-state index contributed by atoms with van der Waals surface area (Å²) in [6, 6.07) is 15.5. The van der Waals surface area contributed by atoms with Crippen LogP contribution in [0.2, 0.25) is 0 Å². The zero-order chi connectivity index (χ0) is 20.9. The minimum absolute atomic E-state index is 0.0487. The van der Waals surface area contributed by atoms with Crippen LogP contribution in [0.1, 0.15) is 49.3 Å². The van der Waals surface area contributed by atoms with Gasteiger partial charge >= 0.3 is 6.03 Å². The monoisotopic (exact) mass is 473 g/mol. The molecule has 2 fully saturated rings. The number of nitrogens with zero attached hydrogens (tertiary/aromatic N) is 2. The number of hydrogen-bond donors (Lipinski definition) is 1. The largest absolute Gasteiger partial charge is 0.335 e. The van der Waals surface area contributed by atoms with Crippen molar-refractivity contribution in [2.24, 2.45) is 0 Å². The predicted octanol–water partition coefficient (Wildman–Crippen LogP) is 5.34. The predicted molar refractivity (Wildman–Crippen MR) is 121 cm³/mol. The third kappa shape index (κ3) is 5.03. The molecule has 1 aliphatic carbocycles. The lowest BCUT2D eigenvalue weighted by atomic mass is 9.95. The van der Waals surface area contributed by atoms with Crippen molar-refractivity contribution >= 4 is 22.0 Å². The molecule has 0 radical (unpaired) electrons. The molecule has 2 aromatic rings. The summed E-state index contributed by atoms with van der Waals surface area (Å²) in [5.74, 6) is -0.212. The van der Waals surface area contributed by atoms with E-state index in [9.17, 15) is 9.18 Å². The fourth-order valence-electron chi connectivity index (χ4n) is 4.64. The second-order valence-corrected chi connectivity index (χ2v) is 9.20. The van der Waals surface area contributed by atoms with Crippen LogP contribution in [0.25, 0.3) is 0 Å². The van der Waals surface area contributed by atoms with Crippen molar-refractivity contribution in [3.63, 3.8) is 0 Å². The normalized spacial score (nSPS) is 19.5. The summed E-state index contributed by atoms with van der Waals surface area (Å²) in [4.78, 5) is 16.9. The Morgan fingerprint density at radius 1 is 1.00 bits per heavy atom. The molecule has 0 aromatic heterocycles. The number of carbonyl (C=O) groups excluding carboxylic acids is 1. The first-order valence-corrected chi connectivity index (χ1v) is 11.7. The minimum Gasteiger partial charge on any atom is -0.335 e. The van der Waals surface area contributed by atoms with E-state index in [1.54, 1.807) is 0 Å². The van der Waals surface area contributed by atoms with Crippen LogP contribution in [0.4, 0.5) is 9.18 Å². The van der Waals surface area contributed by atoms with Gasteiger partial charge in [0.05, 0.1) is 6.04 Å². The SMILES string of the molecule is O=C(NC1CCCCC1)N1CCN(C(c2ccccc2)c2ccc(Br)cc2F)CC1. The Hall–Kier alpha value is -1.92. The van der Waals surface area contributed by atoms with Crippen molar-refractivity contribution in [2.45, 2.75) is 44.2 Å². The van der Waals surface area contributed by atoms with E-state index in [0.29, 0.717) is 37.8 Å². The molecular weight excluding hydrogens is 445 g/mol. The maximum atomic E-state index is 14.9. The number of urea groups is 1. The van der Waals surface area contributed by atoms with E-state index in [2.05, 4.69) is 26.1 Å². The van der Waals surface area contributed by atoms with Gasteiger partial charge in [-0.3, -0.25) is 4.90 Å². The Kier molecular flexibility index (Phi) is 7.05. The second kappa shape index (κ2) is 9.92. The third-order valence-electron chi connectivity index (χ3n) is 6.27. The molecule has 1 unspecified atom stereocenters. The van der Waals surface area contributed by atoms with Gasteiger partial charge in [-0.1, -0.05) is 71.6 Å². The fraction of sp³-hybridized carbons (Fsp3) is 0.458. The zero-order valence-electron chi connectivity index (χ0n) is 17.2. The molecule has 1 aliphatic heterocycles. The highest BCUT2D eigenvalue weighted by atomic mass is 79.9. The number of carbonyl (C=O) groups is 1. The summed E-state index contributed by atoms with van der Waals surface area (Å²) in [5.41, 5.74) is 1.74. The molecule has 1 saturated heterocycles. The quantitative estimate of drug-likeness (QED) is 0.650. The molecule has 1 atom stereocenters. The van der Waals surface area contributed by atoms with E-state index < -0.39 is 0 Å². The lowest BCUT2D eigenvalue weighted by molar-refractivity contribution is 0.116. The van der Waals surface area contributed by atoms with E-state index in [0.717, 1.165) is 22.9 Å². The molecule has 1 N–H and O–H groups in total. The molecule has 4 rings (SSSR count). The van der Waals surface area contributed by atoms with Crippen LogP contribution in [0.15, 0.2) is 53.0 Å². The lowest BCUT2D eigenvalue weighted by Crippen LogP contribution is -2.54. The van der Waals surface area contributed by atoms with Gasteiger partial charge in [0, 0.05) is 42.3 Å². The van der Waals surface area contributed by atoms with Crippen molar-refractivity contribution in [1.29, 1.82) is 0 Å². The maximum absolute atomic E-state index is 14.9. The van der Waals surface area contributed by atoms with Crippen molar-refractivity contribution in [3.8, 4) is 0 Å². The summed E-state index contributed by atoms with van der Waals surface area (Å²) in [6.07, 6.45) is 5.86. The zero-order valence-corrected chi connectivity index (χ0v) is 18.8. The van der Waals surface area contributed by atoms with Gasteiger partial charge in [-0.15, -0.1) is 0 Å². The summed E-state index contributed by atoms with van der Waals surface area (Å²) in [5, 5.41) is 3.21. The van der Waals surface area contributed by atoms with Crippen LogP contribution in [-0.4, -0.2) is 48.1 Å². The van der Waals surface area contributed by atoms with Crippen LogP contribution in [0.3, 0.4) is 0 Å². The lowest BCUT2D eigenvalue weighted by Gasteiger charge is -2.40. The van der Waals surface area contributed by atoms with E-state index in [1.807, 2.05) is 47.4 Å². The summed E-state index contributed by atoms with van der Waals surface area (Å²) in [6.45, 7) is 2.74. The average molecular weight is 474 g/mol. The molecule has 2 aromatic carbocycles. The molecule has 4 nitrogen and oxygen atoms in total. The number of hydrogen-bond acceptors (Lipinski definition) is 2. The topological polar surface area (TPSA) is 35.6 Å². The van der Waals surface area contributed by atoms with Gasteiger partial charge in [0.1, 0.15) is 5.82 Å². The Morgan fingerprint density at radius 3 is 2.37 bits per heavy atom. The Morgan fingerprint density at radius 2 is 1.70 bits per heavy atom. The molecule has 2 amide bonds. The number of rotatable bonds is 4. The molecule has 6 heteroatoms. The molecule has 30 heavy (non-hydrogen) atoms. The van der Waals surface area contributed by atoms with Crippen LogP contribution >= 0.6 is 15.9 Å². The van der Waals surface area contributed by atoms with E-state index in [-0.39, 0.29) is 17.9 Å². The van der Waals surface area contributed by atoms with Gasteiger partial charge in [-0.05, 0) is 30.5 Å². The highest BCUT2D eigenvalue weighted by Crippen LogP contribution is 2.32. The first kappa shape index (κ1) is 21.3. The Balaban J connectivity index is 1.46. The van der Waals surface area contributed by atoms with E-state index >= 15 is 0 Å². The van der Waals surface area contributed by atoms with E-state index in [1.165, 1.54) is 25.3 Å². The van der Waals surface area contributed by atoms with Crippen LogP contribution < -0.4 is 5.32 Å². The van der Waals surface area contributed by atoms with Crippen LogP contribution in [0, 0.1) is 5.82 Å². The van der Waals surface area contributed by atoms with Gasteiger partial charge in [0.25, 0.3) is 0 Å².